The molecule has 2 rings (SSSR count). The maximum absolute atomic E-state index is 12.3. The van der Waals surface area contributed by atoms with Gasteiger partial charge in [0, 0.05) is 16.3 Å². The fourth-order valence-electron chi connectivity index (χ4n) is 2.24. The van der Waals surface area contributed by atoms with E-state index >= 15 is 0 Å². The molecule has 2 aromatic carbocycles. The maximum atomic E-state index is 12.3. The van der Waals surface area contributed by atoms with Crippen molar-refractivity contribution in [3.8, 4) is 0 Å². The molecule has 0 aliphatic carbocycles. The van der Waals surface area contributed by atoms with Crippen molar-refractivity contribution < 1.29 is 19.1 Å². The standard InChI is InChI=1S/C20H21ClN2O4/c1-12-16(21)10-7-11-17(12)23-18(24)14(3)27-20(26)13(2)22-19(25)15-8-5-4-6-9-15/h4-11,13-14H,1-3H3,(H,22,25)(H,23,24)/t13-,14+/m0/s1. The van der Waals surface area contributed by atoms with Crippen molar-refractivity contribution >= 4 is 35.1 Å². The first kappa shape index (κ1) is 20.5. The fourth-order valence-corrected chi connectivity index (χ4v) is 2.41. The first-order chi connectivity index (χ1) is 12.8. The lowest BCUT2D eigenvalue weighted by Crippen LogP contribution is -2.42. The van der Waals surface area contributed by atoms with E-state index < -0.39 is 29.9 Å². The molecule has 27 heavy (non-hydrogen) atoms. The third-order valence-corrected chi connectivity index (χ3v) is 4.33. The van der Waals surface area contributed by atoms with Gasteiger partial charge < -0.3 is 15.4 Å². The first-order valence-corrected chi connectivity index (χ1v) is 8.79. The van der Waals surface area contributed by atoms with Gasteiger partial charge in [0.15, 0.2) is 6.10 Å². The Morgan fingerprint density at radius 3 is 2.33 bits per heavy atom. The van der Waals surface area contributed by atoms with Crippen LogP contribution < -0.4 is 10.6 Å². The lowest BCUT2D eigenvalue weighted by Gasteiger charge is -2.18. The normalized spacial score (nSPS) is 12.6. The number of nitrogens with one attached hydrogen (secondary N) is 2. The highest BCUT2D eigenvalue weighted by atomic mass is 35.5. The van der Waals surface area contributed by atoms with Gasteiger partial charge in [0.2, 0.25) is 0 Å². The molecule has 0 aliphatic rings. The minimum absolute atomic E-state index is 0.397. The van der Waals surface area contributed by atoms with Crippen molar-refractivity contribution in [2.75, 3.05) is 5.32 Å². The van der Waals surface area contributed by atoms with Gasteiger partial charge >= 0.3 is 5.97 Å². The zero-order valence-corrected chi connectivity index (χ0v) is 16.0. The Hall–Kier alpha value is -2.86. The average Bonchev–Trinajstić information content (AvgIpc) is 2.65. The number of halogens is 1. The van der Waals surface area contributed by atoms with E-state index in [1.807, 2.05) is 0 Å². The number of rotatable bonds is 6. The SMILES string of the molecule is Cc1c(Cl)cccc1NC(=O)[C@@H](C)OC(=O)[C@H](C)NC(=O)c1ccccc1. The van der Waals surface area contributed by atoms with Crippen LogP contribution in [0, 0.1) is 6.92 Å². The summed E-state index contributed by atoms with van der Waals surface area (Å²) < 4.78 is 5.15. The molecule has 2 atom stereocenters. The van der Waals surface area contributed by atoms with Crippen LogP contribution >= 0.6 is 11.6 Å². The molecule has 7 heteroatoms. The second-order valence-electron chi connectivity index (χ2n) is 6.04. The molecule has 0 unspecified atom stereocenters. The van der Waals surface area contributed by atoms with Crippen molar-refractivity contribution in [1.82, 2.24) is 5.32 Å². The number of ether oxygens (including phenoxy) is 1. The first-order valence-electron chi connectivity index (χ1n) is 8.42. The molecule has 0 radical (unpaired) electrons. The zero-order valence-electron chi connectivity index (χ0n) is 15.3. The number of carbonyl (C=O) groups excluding carboxylic acids is 3. The van der Waals surface area contributed by atoms with Gasteiger partial charge in [-0.3, -0.25) is 9.59 Å². The predicted molar refractivity (Wildman–Crippen MR) is 104 cm³/mol. The molecule has 6 nitrogen and oxygen atoms in total. The Balaban J connectivity index is 1.91. The number of amides is 2. The summed E-state index contributed by atoms with van der Waals surface area (Å²) in [7, 11) is 0. The topological polar surface area (TPSA) is 84.5 Å². The van der Waals surface area contributed by atoms with E-state index in [1.54, 1.807) is 55.5 Å². The number of hydrogen-bond acceptors (Lipinski definition) is 4. The zero-order chi connectivity index (χ0) is 20.0. The fraction of sp³-hybridized carbons (Fsp3) is 0.250. The third-order valence-electron chi connectivity index (χ3n) is 3.92. The largest absolute Gasteiger partial charge is 0.451 e. The molecular weight excluding hydrogens is 368 g/mol. The monoisotopic (exact) mass is 388 g/mol. The quantitative estimate of drug-likeness (QED) is 0.743. The Kier molecular flexibility index (Phi) is 6.96. The van der Waals surface area contributed by atoms with Gasteiger partial charge in [0.1, 0.15) is 6.04 Å². The van der Waals surface area contributed by atoms with E-state index in [-0.39, 0.29) is 0 Å². The molecule has 0 spiro atoms. The molecule has 2 aromatic rings. The summed E-state index contributed by atoms with van der Waals surface area (Å²) in [6, 6.07) is 12.7. The molecule has 2 amide bonds. The van der Waals surface area contributed by atoms with Crippen LogP contribution in [0.25, 0.3) is 0 Å². The number of carbonyl (C=O) groups is 3. The average molecular weight is 389 g/mol. The summed E-state index contributed by atoms with van der Waals surface area (Å²) in [5.41, 5.74) is 1.69. The van der Waals surface area contributed by atoms with Gasteiger partial charge in [-0.1, -0.05) is 35.9 Å². The second kappa shape index (κ2) is 9.19. The number of esters is 1. The molecule has 142 valence electrons. The highest BCUT2D eigenvalue weighted by Gasteiger charge is 2.24. The van der Waals surface area contributed by atoms with Gasteiger partial charge in [-0.25, -0.2) is 4.79 Å². The summed E-state index contributed by atoms with van der Waals surface area (Å²) >= 11 is 6.02. The van der Waals surface area contributed by atoms with Crippen LogP contribution in [0.2, 0.25) is 5.02 Å². The lowest BCUT2D eigenvalue weighted by atomic mass is 10.2. The van der Waals surface area contributed by atoms with E-state index in [2.05, 4.69) is 10.6 Å². The summed E-state index contributed by atoms with van der Waals surface area (Å²) in [6.07, 6.45) is -1.04. The van der Waals surface area contributed by atoms with Gasteiger partial charge in [-0.15, -0.1) is 0 Å². The Labute approximate surface area is 162 Å². The summed E-state index contributed by atoms with van der Waals surface area (Å²) in [6.45, 7) is 4.73. The van der Waals surface area contributed by atoms with Crippen LogP contribution in [0.15, 0.2) is 48.5 Å². The Morgan fingerprint density at radius 1 is 1.00 bits per heavy atom. The van der Waals surface area contributed by atoms with Gasteiger partial charge in [0.25, 0.3) is 11.8 Å². The molecule has 0 fully saturated rings. The van der Waals surface area contributed by atoms with Crippen molar-refractivity contribution in [3.05, 3.63) is 64.7 Å². The molecule has 0 heterocycles. The minimum Gasteiger partial charge on any atom is -0.451 e. The molecular formula is C20H21ClN2O4. The van der Waals surface area contributed by atoms with E-state index in [1.165, 1.54) is 13.8 Å². The van der Waals surface area contributed by atoms with Gasteiger partial charge in [-0.05, 0) is 50.6 Å². The second-order valence-corrected chi connectivity index (χ2v) is 6.45. The van der Waals surface area contributed by atoms with E-state index in [9.17, 15) is 14.4 Å². The van der Waals surface area contributed by atoms with Crippen LogP contribution in [0.1, 0.15) is 29.8 Å². The number of benzene rings is 2. The Morgan fingerprint density at radius 2 is 1.67 bits per heavy atom. The molecule has 0 aromatic heterocycles. The van der Waals surface area contributed by atoms with Crippen LogP contribution in [0.3, 0.4) is 0 Å². The summed E-state index contributed by atoms with van der Waals surface area (Å²) in [5.74, 6) is -1.59. The van der Waals surface area contributed by atoms with Crippen molar-refractivity contribution in [1.29, 1.82) is 0 Å². The van der Waals surface area contributed by atoms with Crippen molar-refractivity contribution in [3.63, 3.8) is 0 Å². The van der Waals surface area contributed by atoms with E-state index in [0.29, 0.717) is 16.3 Å². The highest BCUT2D eigenvalue weighted by molar-refractivity contribution is 6.31. The number of hydrogen-bond donors (Lipinski definition) is 2. The van der Waals surface area contributed by atoms with Gasteiger partial charge in [0.05, 0.1) is 0 Å². The molecule has 0 aliphatic heterocycles. The van der Waals surface area contributed by atoms with Crippen molar-refractivity contribution in [2.45, 2.75) is 32.9 Å². The van der Waals surface area contributed by atoms with Crippen LogP contribution in [-0.2, 0) is 14.3 Å². The van der Waals surface area contributed by atoms with Crippen LogP contribution in [0.5, 0.6) is 0 Å². The molecule has 0 bridgehead atoms. The Bertz CT molecular complexity index is 839. The molecule has 2 N–H and O–H groups in total. The number of anilines is 1. The third kappa shape index (κ3) is 5.56. The highest BCUT2D eigenvalue weighted by Crippen LogP contribution is 2.23. The van der Waals surface area contributed by atoms with Crippen molar-refractivity contribution in [2.24, 2.45) is 0 Å². The van der Waals surface area contributed by atoms with Crippen LogP contribution in [-0.4, -0.2) is 29.9 Å². The van der Waals surface area contributed by atoms with E-state index in [4.69, 9.17) is 16.3 Å². The van der Waals surface area contributed by atoms with Crippen LogP contribution in [0.4, 0.5) is 5.69 Å². The minimum atomic E-state index is -1.04. The molecule has 0 saturated carbocycles. The summed E-state index contributed by atoms with van der Waals surface area (Å²) in [5, 5.41) is 5.74. The summed E-state index contributed by atoms with van der Waals surface area (Å²) in [4.78, 5) is 36.5. The van der Waals surface area contributed by atoms with Gasteiger partial charge in [-0.2, -0.15) is 0 Å². The predicted octanol–water partition coefficient (Wildman–Crippen LogP) is 3.34. The molecule has 0 saturated heterocycles. The lowest BCUT2D eigenvalue weighted by molar-refractivity contribution is -0.154. The van der Waals surface area contributed by atoms with E-state index in [0.717, 1.165) is 5.56 Å². The smallest absolute Gasteiger partial charge is 0.329 e. The maximum Gasteiger partial charge on any atom is 0.329 e.